The van der Waals surface area contributed by atoms with Crippen LogP contribution in [0.1, 0.15) is 25.8 Å². The van der Waals surface area contributed by atoms with Crippen molar-refractivity contribution < 1.29 is 0 Å². The Morgan fingerprint density at radius 1 is 1.33 bits per heavy atom. The van der Waals surface area contributed by atoms with E-state index in [1.54, 1.807) is 0 Å². The molecule has 0 radical (unpaired) electrons. The molecule has 0 aliphatic carbocycles. The number of rotatable bonds is 4. The molecule has 0 aromatic heterocycles. The van der Waals surface area contributed by atoms with E-state index >= 15 is 0 Å². The highest BCUT2D eigenvalue weighted by Crippen LogP contribution is 2.23. The Morgan fingerprint density at radius 3 is 2.78 bits per heavy atom. The summed E-state index contributed by atoms with van der Waals surface area (Å²) in [6.45, 7) is 5.23. The summed E-state index contributed by atoms with van der Waals surface area (Å²) in [6.07, 6.45) is 3.68. The van der Waals surface area contributed by atoms with Gasteiger partial charge in [0.2, 0.25) is 0 Å². The van der Waals surface area contributed by atoms with Crippen molar-refractivity contribution in [2.24, 2.45) is 10.7 Å². The molecule has 3 N–H and O–H groups in total. The summed E-state index contributed by atoms with van der Waals surface area (Å²) in [5, 5.41) is 3.60. The molecule has 1 aliphatic heterocycles. The lowest BCUT2D eigenvalue weighted by Crippen LogP contribution is -2.48. The number of aliphatic imine (C=N–C) groups is 1. The maximum Gasteiger partial charge on any atom is 0.101 e. The lowest BCUT2D eigenvalue weighted by molar-refractivity contribution is 0.423. The average molecular weight is 243 g/mol. The van der Waals surface area contributed by atoms with E-state index in [0.717, 1.165) is 19.4 Å². The molecule has 1 aliphatic rings. The van der Waals surface area contributed by atoms with Gasteiger partial charge in [-0.3, -0.25) is 0 Å². The fourth-order valence-electron chi connectivity index (χ4n) is 2.20. The van der Waals surface area contributed by atoms with Gasteiger partial charge in [-0.25, -0.2) is 4.99 Å². The first-order valence-corrected chi connectivity index (χ1v) is 6.38. The molecule has 0 spiro atoms. The van der Waals surface area contributed by atoms with Gasteiger partial charge < -0.3 is 11.1 Å². The Balaban J connectivity index is 1.91. The van der Waals surface area contributed by atoms with Gasteiger partial charge in [0.05, 0.1) is 0 Å². The molecule has 0 saturated carbocycles. The van der Waals surface area contributed by atoms with E-state index in [9.17, 15) is 0 Å². The van der Waals surface area contributed by atoms with Crippen LogP contribution in [0.15, 0.2) is 47.1 Å². The number of benzene rings is 1. The highest BCUT2D eigenvalue weighted by Gasteiger charge is 2.28. The Kier molecular flexibility index (Phi) is 3.82. The highest BCUT2D eigenvalue weighted by molar-refractivity contribution is 5.83. The minimum Gasteiger partial charge on any atom is -0.387 e. The van der Waals surface area contributed by atoms with Crippen molar-refractivity contribution in [2.45, 2.75) is 32.2 Å². The monoisotopic (exact) mass is 243 g/mol. The van der Waals surface area contributed by atoms with Crippen molar-refractivity contribution in [3.05, 3.63) is 47.7 Å². The van der Waals surface area contributed by atoms with Crippen LogP contribution in [0.5, 0.6) is 0 Å². The van der Waals surface area contributed by atoms with Crippen LogP contribution >= 0.6 is 0 Å². The van der Waals surface area contributed by atoms with E-state index in [-0.39, 0.29) is 5.54 Å². The third-order valence-corrected chi connectivity index (χ3v) is 3.60. The van der Waals surface area contributed by atoms with Crippen LogP contribution in [0.25, 0.3) is 0 Å². The smallest absolute Gasteiger partial charge is 0.101 e. The summed E-state index contributed by atoms with van der Waals surface area (Å²) in [4.78, 5) is 4.16. The Hall–Kier alpha value is -1.61. The number of nitrogens with one attached hydrogen (secondary N) is 1. The van der Waals surface area contributed by atoms with Gasteiger partial charge in [0.1, 0.15) is 5.84 Å². The summed E-state index contributed by atoms with van der Waals surface area (Å²) < 4.78 is 0. The number of hydrogen-bond acceptors (Lipinski definition) is 3. The quantitative estimate of drug-likeness (QED) is 0.852. The SMILES string of the molecule is CC1=CN=C(N)CC1(C)NCCc1ccccc1. The van der Waals surface area contributed by atoms with Crippen LogP contribution in [0.4, 0.5) is 0 Å². The van der Waals surface area contributed by atoms with Gasteiger partial charge >= 0.3 is 0 Å². The Labute approximate surface area is 109 Å². The second-order valence-electron chi connectivity index (χ2n) is 5.10. The highest BCUT2D eigenvalue weighted by atomic mass is 15.0. The third-order valence-electron chi connectivity index (χ3n) is 3.60. The topological polar surface area (TPSA) is 50.4 Å². The summed E-state index contributed by atoms with van der Waals surface area (Å²) in [5.41, 5.74) is 8.36. The molecule has 0 fully saturated rings. The van der Waals surface area contributed by atoms with Crippen molar-refractivity contribution >= 4 is 5.84 Å². The minimum atomic E-state index is -0.0549. The first kappa shape index (κ1) is 12.8. The maximum absolute atomic E-state index is 5.82. The number of hydrogen-bond donors (Lipinski definition) is 2. The van der Waals surface area contributed by atoms with Crippen molar-refractivity contribution in [1.29, 1.82) is 0 Å². The van der Waals surface area contributed by atoms with Crippen molar-refractivity contribution in [3.63, 3.8) is 0 Å². The number of nitrogens with zero attached hydrogens (tertiary/aromatic N) is 1. The van der Waals surface area contributed by atoms with Crippen LogP contribution in [-0.2, 0) is 6.42 Å². The lowest BCUT2D eigenvalue weighted by atomic mass is 9.87. The molecule has 18 heavy (non-hydrogen) atoms. The van der Waals surface area contributed by atoms with E-state index in [1.807, 2.05) is 12.3 Å². The molecule has 0 amide bonds. The van der Waals surface area contributed by atoms with Crippen LogP contribution in [0.3, 0.4) is 0 Å². The largest absolute Gasteiger partial charge is 0.387 e. The summed E-state index contributed by atoms with van der Waals surface area (Å²) >= 11 is 0. The van der Waals surface area contributed by atoms with Gasteiger partial charge in [0, 0.05) is 18.2 Å². The van der Waals surface area contributed by atoms with Gasteiger partial charge in [-0.05, 0) is 37.9 Å². The van der Waals surface area contributed by atoms with E-state index in [1.165, 1.54) is 11.1 Å². The van der Waals surface area contributed by atoms with Crippen molar-refractivity contribution in [3.8, 4) is 0 Å². The molecule has 2 rings (SSSR count). The predicted octanol–water partition coefficient (Wildman–Crippen LogP) is 2.24. The second kappa shape index (κ2) is 5.36. The van der Waals surface area contributed by atoms with Crippen LogP contribution in [0, 0.1) is 0 Å². The molecule has 1 aromatic rings. The molecule has 1 unspecified atom stereocenters. The molecule has 0 saturated heterocycles. The van der Waals surface area contributed by atoms with Gasteiger partial charge in [0.15, 0.2) is 0 Å². The molecule has 1 aromatic carbocycles. The first-order chi connectivity index (χ1) is 8.60. The number of amidine groups is 1. The minimum absolute atomic E-state index is 0.0549. The molecule has 3 nitrogen and oxygen atoms in total. The molecular formula is C15H21N3. The van der Waals surface area contributed by atoms with Crippen LogP contribution in [-0.4, -0.2) is 17.9 Å². The zero-order valence-corrected chi connectivity index (χ0v) is 11.1. The Morgan fingerprint density at radius 2 is 2.06 bits per heavy atom. The average Bonchev–Trinajstić information content (AvgIpc) is 2.36. The molecule has 1 heterocycles. The van der Waals surface area contributed by atoms with Gasteiger partial charge in [-0.15, -0.1) is 0 Å². The first-order valence-electron chi connectivity index (χ1n) is 6.38. The van der Waals surface area contributed by atoms with E-state index < -0.39 is 0 Å². The van der Waals surface area contributed by atoms with E-state index in [0.29, 0.717) is 5.84 Å². The summed E-state index contributed by atoms with van der Waals surface area (Å²) in [7, 11) is 0. The summed E-state index contributed by atoms with van der Waals surface area (Å²) in [5.74, 6) is 0.704. The zero-order chi connectivity index (χ0) is 13.0. The second-order valence-corrected chi connectivity index (χ2v) is 5.10. The van der Waals surface area contributed by atoms with E-state index in [4.69, 9.17) is 5.73 Å². The number of nitrogens with two attached hydrogens (primary N) is 1. The fraction of sp³-hybridized carbons (Fsp3) is 0.400. The summed E-state index contributed by atoms with van der Waals surface area (Å²) in [6, 6.07) is 10.5. The molecule has 96 valence electrons. The molecule has 3 heteroatoms. The van der Waals surface area contributed by atoms with Crippen LogP contribution in [0.2, 0.25) is 0 Å². The predicted molar refractivity (Wildman–Crippen MR) is 76.6 cm³/mol. The standard InChI is InChI=1S/C15H21N3/c1-12-11-17-14(16)10-15(12,2)18-9-8-13-6-4-3-5-7-13/h3-7,11,18H,8-10H2,1-2H3,(H2,16,17). The van der Waals surface area contributed by atoms with Gasteiger partial charge in [-0.1, -0.05) is 30.3 Å². The zero-order valence-electron chi connectivity index (χ0n) is 11.1. The van der Waals surface area contributed by atoms with E-state index in [2.05, 4.69) is 48.4 Å². The Bertz CT molecular complexity index is 462. The normalized spacial score (nSPS) is 23.4. The van der Waals surface area contributed by atoms with Crippen molar-refractivity contribution in [1.82, 2.24) is 5.32 Å². The lowest BCUT2D eigenvalue weighted by Gasteiger charge is -2.34. The fourth-order valence-corrected chi connectivity index (χ4v) is 2.20. The van der Waals surface area contributed by atoms with Crippen molar-refractivity contribution in [2.75, 3.05) is 6.54 Å². The maximum atomic E-state index is 5.82. The van der Waals surface area contributed by atoms with Crippen LogP contribution < -0.4 is 11.1 Å². The molecule has 1 atom stereocenters. The molecular weight excluding hydrogens is 222 g/mol. The van der Waals surface area contributed by atoms with Gasteiger partial charge in [-0.2, -0.15) is 0 Å². The third kappa shape index (κ3) is 2.99. The van der Waals surface area contributed by atoms with Gasteiger partial charge in [0.25, 0.3) is 0 Å². The molecule has 0 bridgehead atoms.